The van der Waals surface area contributed by atoms with Crippen molar-refractivity contribution in [2.75, 3.05) is 0 Å². The smallest absolute Gasteiger partial charge is 0.000966 e. The Hall–Kier alpha value is -2.08. The molecule has 0 heteroatoms. The summed E-state index contributed by atoms with van der Waals surface area (Å²) in [5, 5.41) is 0. The molecule has 3 aliphatic rings. The van der Waals surface area contributed by atoms with E-state index in [4.69, 9.17) is 0 Å². The van der Waals surface area contributed by atoms with Crippen LogP contribution in [0.4, 0.5) is 0 Å². The molecule has 0 radical (unpaired) electrons. The first-order chi connectivity index (χ1) is 16.8. The fourth-order valence-electron chi connectivity index (χ4n) is 7.00. The molecule has 3 fully saturated rings. The van der Waals surface area contributed by atoms with Crippen molar-refractivity contribution in [1.82, 2.24) is 0 Å². The summed E-state index contributed by atoms with van der Waals surface area (Å²) in [6, 6.07) is 14.5. The molecule has 0 amide bonds. The van der Waals surface area contributed by atoms with Crippen LogP contribution in [0.25, 0.3) is 11.1 Å². The molecule has 0 N–H and O–H groups in total. The highest BCUT2D eigenvalue weighted by molar-refractivity contribution is 5.70. The van der Waals surface area contributed by atoms with Crippen LogP contribution >= 0.6 is 0 Å². The van der Waals surface area contributed by atoms with Crippen LogP contribution in [0.5, 0.6) is 0 Å². The number of hydrogen-bond donors (Lipinski definition) is 0. The number of benzene rings is 2. The zero-order valence-corrected chi connectivity index (χ0v) is 22.9. The van der Waals surface area contributed by atoms with Crippen molar-refractivity contribution < 1.29 is 0 Å². The lowest BCUT2D eigenvalue weighted by Gasteiger charge is -2.34. The molecule has 0 bridgehead atoms. The molecule has 35 heavy (non-hydrogen) atoms. The molecule has 0 aliphatic heterocycles. The Morgan fingerprint density at radius 1 is 1.14 bits per heavy atom. The Labute approximate surface area is 214 Å². The first kappa shape index (κ1) is 24.6. The molecule has 5 rings (SSSR count). The Morgan fingerprint density at radius 2 is 1.86 bits per heavy atom. The maximum Gasteiger partial charge on any atom is 0.000966 e. The van der Waals surface area contributed by atoms with Gasteiger partial charge in [0.25, 0.3) is 0 Å². The van der Waals surface area contributed by atoms with Crippen molar-refractivity contribution in [1.29, 1.82) is 0 Å². The van der Waals surface area contributed by atoms with E-state index in [-0.39, 0.29) is 0 Å². The molecule has 0 nitrogen and oxygen atoms in total. The normalized spacial score (nSPS) is 28.8. The zero-order chi connectivity index (χ0) is 24.7. The highest BCUT2D eigenvalue weighted by Gasteiger charge is 2.57. The second kappa shape index (κ2) is 9.76. The second-order valence-electron chi connectivity index (χ2n) is 12.3. The molecule has 0 saturated heterocycles. The summed E-state index contributed by atoms with van der Waals surface area (Å²) in [5.41, 5.74) is 10.9. The van der Waals surface area contributed by atoms with Gasteiger partial charge in [-0.15, -0.1) is 0 Å². The lowest BCUT2D eigenvalue weighted by atomic mass is 9.69. The molecule has 6 unspecified atom stereocenters. The number of aryl methyl sites for hydroxylation is 2. The Morgan fingerprint density at radius 3 is 2.43 bits per heavy atom. The van der Waals surface area contributed by atoms with E-state index in [0.29, 0.717) is 11.3 Å². The quantitative estimate of drug-likeness (QED) is 0.241. The maximum atomic E-state index is 4.24. The summed E-state index contributed by atoms with van der Waals surface area (Å²) in [5.74, 6) is 4.04. The Balaban J connectivity index is 1.27. The Kier molecular flexibility index (Phi) is 6.86. The van der Waals surface area contributed by atoms with E-state index in [1.54, 1.807) is 5.56 Å². The van der Waals surface area contributed by atoms with Crippen molar-refractivity contribution in [3.05, 3.63) is 83.0 Å². The van der Waals surface area contributed by atoms with Crippen LogP contribution in [-0.4, -0.2) is 0 Å². The summed E-state index contributed by atoms with van der Waals surface area (Å²) in [7, 11) is 0. The molecule has 0 aromatic heterocycles. The minimum Gasteiger partial charge on any atom is -0.0992 e. The SMILES string of the molecule is C=C1CC12CCC2C=CCCCc1c(C)cc(CC)cc1-c1ccc(C(C)C(C)C2CC2C)cc1. The Bertz CT molecular complexity index is 1100. The molecule has 186 valence electrons. The summed E-state index contributed by atoms with van der Waals surface area (Å²) >= 11 is 0. The van der Waals surface area contributed by atoms with Gasteiger partial charge in [0.15, 0.2) is 0 Å². The second-order valence-corrected chi connectivity index (χ2v) is 12.3. The third-order valence-electron chi connectivity index (χ3n) is 10.2. The fourth-order valence-corrected chi connectivity index (χ4v) is 7.00. The predicted molar refractivity (Wildman–Crippen MR) is 152 cm³/mol. The highest BCUT2D eigenvalue weighted by Crippen LogP contribution is 2.68. The van der Waals surface area contributed by atoms with Gasteiger partial charge in [-0.05, 0) is 121 Å². The number of rotatable bonds is 10. The van der Waals surface area contributed by atoms with E-state index < -0.39 is 0 Å². The van der Waals surface area contributed by atoms with Gasteiger partial charge < -0.3 is 0 Å². The van der Waals surface area contributed by atoms with Crippen LogP contribution in [0, 0.1) is 36.0 Å². The summed E-state index contributed by atoms with van der Waals surface area (Å²) < 4.78 is 0. The third kappa shape index (κ3) is 4.83. The van der Waals surface area contributed by atoms with Gasteiger partial charge in [-0.1, -0.05) is 88.4 Å². The average Bonchev–Trinajstić information content (AvgIpc) is 3.76. The van der Waals surface area contributed by atoms with Crippen molar-refractivity contribution in [3.63, 3.8) is 0 Å². The van der Waals surface area contributed by atoms with Gasteiger partial charge in [0.1, 0.15) is 0 Å². The largest absolute Gasteiger partial charge is 0.0992 e. The maximum absolute atomic E-state index is 4.24. The zero-order valence-electron chi connectivity index (χ0n) is 22.9. The first-order valence-corrected chi connectivity index (χ1v) is 14.4. The van der Waals surface area contributed by atoms with Gasteiger partial charge in [0.2, 0.25) is 0 Å². The van der Waals surface area contributed by atoms with Crippen LogP contribution in [0.1, 0.15) is 94.4 Å². The van der Waals surface area contributed by atoms with Gasteiger partial charge in [0, 0.05) is 5.41 Å². The van der Waals surface area contributed by atoms with E-state index in [9.17, 15) is 0 Å². The summed E-state index contributed by atoms with van der Waals surface area (Å²) in [4.78, 5) is 0. The van der Waals surface area contributed by atoms with Crippen molar-refractivity contribution in [2.24, 2.45) is 29.1 Å². The van der Waals surface area contributed by atoms with Gasteiger partial charge in [0.05, 0.1) is 0 Å². The molecule has 0 heterocycles. The lowest BCUT2D eigenvalue weighted by molar-refractivity contribution is 0.215. The summed E-state index contributed by atoms with van der Waals surface area (Å²) in [6.45, 7) is 16.1. The monoisotopic (exact) mass is 466 g/mol. The summed E-state index contributed by atoms with van der Waals surface area (Å²) in [6.07, 6.45) is 15.1. The molecule has 2 aromatic rings. The van der Waals surface area contributed by atoms with Crippen LogP contribution < -0.4 is 0 Å². The van der Waals surface area contributed by atoms with Crippen LogP contribution in [-0.2, 0) is 12.8 Å². The van der Waals surface area contributed by atoms with E-state index >= 15 is 0 Å². The standard InChI is InChI=1S/C35H46/c1-7-28-19-23(2)32(12-10-8-9-11-31-17-18-35(31)22-25(35)4)34(21-28)30-15-13-29(14-16-30)26(5)27(6)33-20-24(33)3/h9,11,13-16,19,21,24,26-27,31,33H,4,7-8,10,12,17-18,20,22H2,1-3,5-6H3. The minimum atomic E-state index is 0.536. The molecular weight excluding hydrogens is 420 g/mol. The molecule has 3 aliphatic carbocycles. The number of unbranched alkanes of at least 4 members (excludes halogenated alkanes) is 1. The fraction of sp³-hybridized carbons (Fsp3) is 0.543. The number of hydrogen-bond acceptors (Lipinski definition) is 0. The third-order valence-corrected chi connectivity index (χ3v) is 10.2. The van der Waals surface area contributed by atoms with E-state index in [0.717, 1.165) is 36.5 Å². The van der Waals surface area contributed by atoms with Gasteiger partial charge in [-0.2, -0.15) is 0 Å². The van der Waals surface area contributed by atoms with Gasteiger partial charge in [-0.3, -0.25) is 0 Å². The highest BCUT2D eigenvalue weighted by atomic mass is 14.6. The van der Waals surface area contributed by atoms with E-state index in [2.05, 4.69) is 89.7 Å². The van der Waals surface area contributed by atoms with Crippen molar-refractivity contribution in [3.8, 4) is 11.1 Å². The van der Waals surface area contributed by atoms with Crippen LogP contribution in [0.2, 0.25) is 0 Å². The van der Waals surface area contributed by atoms with E-state index in [1.807, 2.05) is 0 Å². The minimum absolute atomic E-state index is 0.536. The van der Waals surface area contributed by atoms with Crippen LogP contribution in [0.3, 0.4) is 0 Å². The van der Waals surface area contributed by atoms with Gasteiger partial charge in [-0.25, -0.2) is 0 Å². The van der Waals surface area contributed by atoms with Crippen molar-refractivity contribution >= 4 is 0 Å². The molecule has 6 atom stereocenters. The molecular formula is C35H46. The molecule has 2 aromatic carbocycles. The van der Waals surface area contributed by atoms with Crippen molar-refractivity contribution in [2.45, 2.75) is 91.9 Å². The molecule has 1 spiro atoms. The topological polar surface area (TPSA) is 0 Å². The van der Waals surface area contributed by atoms with Crippen LogP contribution in [0.15, 0.2) is 60.7 Å². The van der Waals surface area contributed by atoms with E-state index in [1.165, 1.54) is 71.9 Å². The lowest BCUT2D eigenvalue weighted by Crippen LogP contribution is -2.25. The molecule has 3 saturated carbocycles. The number of allylic oxidation sites excluding steroid dienone is 3. The first-order valence-electron chi connectivity index (χ1n) is 14.4. The van der Waals surface area contributed by atoms with Gasteiger partial charge >= 0.3 is 0 Å². The predicted octanol–water partition coefficient (Wildman–Crippen LogP) is 9.86. The average molecular weight is 467 g/mol.